The van der Waals surface area contributed by atoms with E-state index in [1.807, 2.05) is 0 Å². The molecule has 0 atom stereocenters. The molecule has 23 heavy (non-hydrogen) atoms. The van der Waals surface area contributed by atoms with Gasteiger partial charge in [0, 0.05) is 18.7 Å². The van der Waals surface area contributed by atoms with Crippen molar-refractivity contribution >= 4 is 35.2 Å². The van der Waals surface area contributed by atoms with Crippen LogP contribution in [0.2, 0.25) is 10.3 Å². The molecule has 6 nitrogen and oxygen atoms in total. The minimum Gasteiger partial charge on any atom is -0.465 e. The Bertz CT molecular complexity index is 555. The molecule has 0 radical (unpaired) electrons. The summed E-state index contributed by atoms with van der Waals surface area (Å²) in [6, 6.07) is 2.97. The Morgan fingerprint density at radius 2 is 1.52 bits per heavy atom. The standard InChI is InChI=1S/C15H19Cl2N3O3/c16-12-5-11(6-13(17)20-12)14(21)18-7-9-1-3-10(4-2-9)8-19-15(22)23/h5-6,9-10,19H,1-4,7-8H2,(H,18,21)(H,22,23)/t9-,10-. The van der Waals surface area contributed by atoms with Gasteiger partial charge in [0.2, 0.25) is 0 Å². The van der Waals surface area contributed by atoms with Gasteiger partial charge in [0.15, 0.2) is 0 Å². The van der Waals surface area contributed by atoms with E-state index in [1.165, 1.54) is 12.1 Å². The average Bonchev–Trinajstić information content (AvgIpc) is 2.50. The number of amides is 2. The van der Waals surface area contributed by atoms with Crippen molar-refractivity contribution in [3.8, 4) is 0 Å². The van der Waals surface area contributed by atoms with Gasteiger partial charge in [-0.3, -0.25) is 4.79 Å². The molecule has 0 aliphatic heterocycles. The maximum absolute atomic E-state index is 12.1. The van der Waals surface area contributed by atoms with Gasteiger partial charge in [0.05, 0.1) is 0 Å². The van der Waals surface area contributed by atoms with Crippen molar-refractivity contribution in [2.45, 2.75) is 25.7 Å². The molecule has 0 unspecified atom stereocenters. The Morgan fingerprint density at radius 3 is 2.00 bits per heavy atom. The van der Waals surface area contributed by atoms with Gasteiger partial charge in [-0.05, 0) is 49.7 Å². The number of hydrogen-bond acceptors (Lipinski definition) is 3. The quantitative estimate of drug-likeness (QED) is 0.704. The number of carboxylic acid groups (broad SMARTS) is 1. The van der Waals surface area contributed by atoms with E-state index in [0.29, 0.717) is 30.5 Å². The number of pyridine rings is 1. The zero-order valence-corrected chi connectivity index (χ0v) is 14.0. The lowest BCUT2D eigenvalue weighted by Crippen LogP contribution is -2.34. The summed E-state index contributed by atoms with van der Waals surface area (Å²) < 4.78 is 0. The van der Waals surface area contributed by atoms with Gasteiger partial charge in [0.25, 0.3) is 5.91 Å². The molecule has 1 fully saturated rings. The molecule has 1 heterocycles. The summed E-state index contributed by atoms with van der Waals surface area (Å²) in [5.74, 6) is 0.578. The molecule has 126 valence electrons. The fourth-order valence-corrected chi connectivity index (χ4v) is 3.27. The Balaban J connectivity index is 1.74. The number of aromatic nitrogens is 1. The number of hydrogen-bond donors (Lipinski definition) is 3. The molecule has 0 saturated heterocycles. The Labute approximate surface area is 144 Å². The molecule has 1 aliphatic carbocycles. The molecule has 2 rings (SSSR count). The molecule has 0 bridgehead atoms. The highest BCUT2D eigenvalue weighted by molar-refractivity contribution is 6.33. The van der Waals surface area contributed by atoms with E-state index < -0.39 is 6.09 Å². The van der Waals surface area contributed by atoms with Gasteiger partial charge < -0.3 is 15.7 Å². The summed E-state index contributed by atoms with van der Waals surface area (Å²) in [6.45, 7) is 1.10. The minimum absolute atomic E-state index is 0.189. The topological polar surface area (TPSA) is 91.3 Å². The zero-order chi connectivity index (χ0) is 16.8. The Morgan fingerprint density at radius 1 is 1.04 bits per heavy atom. The Kier molecular flexibility index (Phi) is 6.47. The van der Waals surface area contributed by atoms with Crippen LogP contribution in [0.15, 0.2) is 12.1 Å². The van der Waals surface area contributed by atoms with Crippen LogP contribution in [0, 0.1) is 11.8 Å². The molecule has 1 saturated carbocycles. The van der Waals surface area contributed by atoms with Crippen LogP contribution in [0.4, 0.5) is 4.79 Å². The fourth-order valence-electron chi connectivity index (χ4n) is 2.81. The smallest absolute Gasteiger partial charge is 0.404 e. The molecular weight excluding hydrogens is 341 g/mol. The van der Waals surface area contributed by atoms with E-state index in [2.05, 4.69) is 15.6 Å². The number of rotatable bonds is 5. The lowest BCUT2D eigenvalue weighted by Gasteiger charge is -2.28. The summed E-state index contributed by atoms with van der Waals surface area (Å²) in [5, 5.41) is 14.3. The minimum atomic E-state index is -0.978. The highest BCUT2D eigenvalue weighted by atomic mass is 35.5. The van der Waals surface area contributed by atoms with Crippen molar-refractivity contribution < 1.29 is 14.7 Å². The fraction of sp³-hybridized carbons (Fsp3) is 0.533. The number of carbonyl (C=O) groups is 2. The van der Waals surface area contributed by atoms with E-state index >= 15 is 0 Å². The second-order valence-corrected chi connectivity index (χ2v) is 6.56. The number of carbonyl (C=O) groups excluding carboxylic acids is 1. The lowest BCUT2D eigenvalue weighted by molar-refractivity contribution is 0.0940. The molecular formula is C15H19Cl2N3O3. The molecule has 1 aliphatic rings. The van der Waals surface area contributed by atoms with Crippen LogP contribution in [0.25, 0.3) is 0 Å². The first-order valence-electron chi connectivity index (χ1n) is 7.52. The van der Waals surface area contributed by atoms with Crippen LogP contribution in [-0.4, -0.2) is 35.2 Å². The molecule has 0 aromatic carbocycles. The molecule has 2 amide bonds. The second-order valence-electron chi connectivity index (χ2n) is 5.78. The first-order valence-corrected chi connectivity index (χ1v) is 8.27. The van der Waals surface area contributed by atoms with E-state index in [4.69, 9.17) is 28.3 Å². The van der Waals surface area contributed by atoms with Crippen LogP contribution in [0.3, 0.4) is 0 Å². The van der Waals surface area contributed by atoms with Gasteiger partial charge in [-0.15, -0.1) is 0 Å². The summed E-state index contributed by atoms with van der Waals surface area (Å²) in [7, 11) is 0. The number of halogens is 2. The van der Waals surface area contributed by atoms with Crippen molar-refractivity contribution in [3.05, 3.63) is 28.0 Å². The highest BCUT2D eigenvalue weighted by Crippen LogP contribution is 2.28. The van der Waals surface area contributed by atoms with E-state index in [0.717, 1.165) is 25.7 Å². The second kappa shape index (κ2) is 8.36. The first kappa shape index (κ1) is 17.8. The van der Waals surface area contributed by atoms with E-state index in [9.17, 15) is 9.59 Å². The van der Waals surface area contributed by atoms with E-state index in [1.54, 1.807) is 0 Å². The van der Waals surface area contributed by atoms with Gasteiger partial charge >= 0.3 is 6.09 Å². The third-order valence-corrected chi connectivity index (χ3v) is 4.47. The Hall–Kier alpha value is -1.53. The van der Waals surface area contributed by atoms with Crippen LogP contribution >= 0.6 is 23.2 Å². The molecule has 3 N–H and O–H groups in total. The van der Waals surface area contributed by atoms with Crippen molar-refractivity contribution in [1.29, 1.82) is 0 Å². The molecule has 1 aromatic rings. The number of nitrogens with one attached hydrogen (secondary N) is 2. The first-order chi connectivity index (χ1) is 10.9. The van der Waals surface area contributed by atoms with Crippen molar-refractivity contribution in [2.75, 3.05) is 13.1 Å². The third kappa shape index (κ3) is 5.88. The number of nitrogens with zero attached hydrogens (tertiary/aromatic N) is 1. The van der Waals surface area contributed by atoms with Crippen LogP contribution < -0.4 is 10.6 Å². The third-order valence-electron chi connectivity index (χ3n) is 4.08. The summed E-state index contributed by atoms with van der Waals surface area (Å²) in [6.07, 6.45) is 2.91. The highest BCUT2D eigenvalue weighted by Gasteiger charge is 2.22. The van der Waals surface area contributed by atoms with Crippen LogP contribution in [0.5, 0.6) is 0 Å². The van der Waals surface area contributed by atoms with Crippen molar-refractivity contribution in [1.82, 2.24) is 15.6 Å². The van der Waals surface area contributed by atoms with Crippen LogP contribution in [0.1, 0.15) is 36.0 Å². The van der Waals surface area contributed by atoms with Gasteiger partial charge in [-0.2, -0.15) is 0 Å². The van der Waals surface area contributed by atoms with Gasteiger partial charge in [-0.1, -0.05) is 23.2 Å². The maximum Gasteiger partial charge on any atom is 0.404 e. The predicted octanol–water partition coefficient (Wildman–Crippen LogP) is 3.19. The zero-order valence-electron chi connectivity index (χ0n) is 12.5. The summed E-state index contributed by atoms with van der Waals surface area (Å²) in [5.41, 5.74) is 0.398. The normalized spacial score (nSPS) is 20.8. The lowest BCUT2D eigenvalue weighted by atomic mass is 9.82. The molecule has 1 aromatic heterocycles. The van der Waals surface area contributed by atoms with Crippen molar-refractivity contribution in [3.63, 3.8) is 0 Å². The monoisotopic (exact) mass is 359 g/mol. The predicted molar refractivity (Wildman–Crippen MR) is 88.1 cm³/mol. The summed E-state index contributed by atoms with van der Waals surface area (Å²) in [4.78, 5) is 26.4. The van der Waals surface area contributed by atoms with Gasteiger partial charge in [0.1, 0.15) is 10.3 Å². The largest absolute Gasteiger partial charge is 0.465 e. The average molecular weight is 360 g/mol. The van der Waals surface area contributed by atoms with Gasteiger partial charge in [-0.25, -0.2) is 9.78 Å². The maximum atomic E-state index is 12.1. The SMILES string of the molecule is O=C(O)NC[C@H]1CC[C@H](CNC(=O)c2cc(Cl)nc(Cl)c2)CC1. The molecule has 8 heteroatoms. The summed E-state index contributed by atoms with van der Waals surface area (Å²) >= 11 is 11.6. The molecule has 0 spiro atoms. The van der Waals surface area contributed by atoms with Crippen LogP contribution in [-0.2, 0) is 0 Å². The van der Waals surface area contributed by atoms with Crippen molar-refractivity contribution in [2.24, 2.45) is 11.8 Å². The van der Waals surface area contributed by atoms with E-state index in [-0.39, 0.29) is 16.2 Å².